The highest BCUT2D eigenvalue weighted by Gasteiger charge is 2.45. The molecule has 1 spiro atoms. The van der Waals surface area contributed by atoms with Crippen LogP contribution in [0.3, 0.4) is 0 Å². The summed E-state index contributed by atoms with van der Waals surface area (Å²) in [5.74, 6) is -2.46. The van der Waals surface area contributed by atoms with Crippen LogP contribution in [0.1, 0.15) is 104 Å². The maximum atomic E-state index is 15.8. The molecule has 2 N–H and O–H groups in total. The Morgan fingerprint density at radius 3 is 2.38 bits per heavy atom. The van der Waals surface area contributed by atoms with E-state index in [0.29, 0.717) is 47.9 Å². The predicted molar refractivity (Wildman–Crippen MR) is 249 cm³/mol. The summed E-state index contributed by atoms with van der Waals surface area (Å²) in [6.45, 7) is 12.9. The van der Waals surface area contributed by atoms with E-state index in [2.05, 4.69) is 25.0 Å². The van der Waals surface area contributed by atoms with Crippen LogP contribution in [0.15, 0.2) is 53.6 Å². The number of anilines is 2. The third kappa shape index (κ3) is 9.86. The first-order valence-electron chi connectivity index (χ1n) is 22.9. The van der Waals surface area contributed by atoms with E-state index in [-0.39, 0.29) is 64.6 Å². The van der Waals surface area contributed by atoms with Gasteiger partial charge in [-0.1, -0.05) is 34.6 Å². The Morgan fingerprint density at radius 1 is 0.938 bits per heavy atom. The number of carbonyl (C=O) groups excluding carboxylic acids is 2. The van der Waals surface area contributed by atoms with Crippen molar-refractivity contribution in [3.63, 3.8) is 0 Å². The largest absolute Gasteiger partial charge is 0.451 e. The van der Waals surface area contributed by atoms with Gasteiger partial charge in [-0.05, 0) is 106 Å². The lowest BCUT2D eigenvalue weighted by atomic mass is 9.79. The molecule has 9 rings (SSSR count). The number of urea groups is 1. The fourth-order valence-corrected chi connectivity index (χ4v) is 9.94. The molecule has 4 aliphatic rings. The van der Waals surface area contributed by atoms with E-state index in [4.69, 9.17) is 9.47 Å². The zero-order valence-corrected chi connectivity index (χ0v) is 39.1. The Morgan fingerprint density at radius 2 is 1.68 bits per heavy atom. The summed E-state index contributed by atoms with van der Waals surface area (Å²) < 4.78 is 66.2. The van der Waals surface area contributed by atoms with E-state index in [9.17, 15) is 18.8 Å². The monoisotopic (exact) mass is 919 g/mol. The van der Waals surface area contributed by atoms with E-state index in [0.717, 1.165) is 63.2 Å². The molecule has 2 aromatic heterocycles. The van der Waals surface area contributed by atoms with E-state index < -0.39 is 23.4 Å². The number of piperidine rings is 1. The molecule has 1 unspecified atom stereocenters. The smallest absolute Gasteiger partial charge is 0.329 e. The fraction of sp³-hybridized carbons (Fsp3) is 0.511. The topological polar surface area (TPSA) is 139 Å². The van der Waals surface area contributed by atoms with Gasteiger partial charge in [-0.2, -0.15) is 5.10 Å². The van der Waals surface area contributed by atoms with Crippen LogP contribution in [0.5, 0.6) is 11.5 Å². The summed E-state index contributed by atoms with van der Waals surface area (Å²) in [6.07, 6.45) is 7.61. The number of hydrogen-bond acceptors (Lipinski definition) is 11. The van der Waals surface area contributed by atoms with E-state index >= 15 is 8.78 Å². The number of amides is 3. The Balaban J connectivity index is 0.00000153. The quantitative estimate of drug-likeness (QED) is 0.130. The van der Waals surface area contributed by atoms with Gasteiger partial charge >= 0.3 is 6.03 Å². The molecule has 18 heteroatoms. The second kappa shape index (κ2) is 20.6. The molecule has 5 heterocycles. The van der Waals surface area contributed by atoms with Crippen molar-refractivity contribution in [1.29, 1.82) is 0 Å². The SMILES string of the molecule is CC.CC.CCN(C)SNc1ccc(F)c(Oc2ccc3ncn(C4COC5(CCN(C6CCC(c7cc8c(cc7F)c(N7CCC(=O)NC7=O)nn8C)CC6)CC5)C4)c(=O)c3c2)c1F. The molecular weight excluding hydrogens is 860 g/mol. The van der Waals surface area contributed by atoms with Crippen LogP contribution in [-0.2, 0) is 16.6 Å². The standard InChI is InChI=1S/C43H48F3N9O5S.2C2H6/c1-4-51(2)61-50-35-12-10-32(44)39(38(35)46)60-28-9-11-34-30(19-28)41(57)55(24-47-34)27-22-43(59-23-27)14-17-53(18-15-43)26-7-5-25(6-8-26)29-21-36-31(20-33(29)45)40(49-52(36)3)54-16-13-37(56)48-42(54)58;2*1-2/h9-12,19-21,24-27,50H,4-8,13-18,22-23H2,1-3H3,(H,48,56,58);2*1-2H3. The highest BCUT2D eigenvalue weighted by Crippen LogP contribution is 2.44. The normalized spacial score (nSPS) is 21.0. The van der Waals surface area contributed by atoms with Gasteiger partial charge in [0.25, 0.3) is 5.56 Å². The summed E-state index contributed by atoms with van der Waals surface area (Å²) in [5.41, 5.74) is 1.27. The van der Waals surface area contributed by atoms with Crippen LogP contribution in [0.25, 0.3) is 21.8 Å². The summed E-state index contributed by atoms with van der Waals surface area (Å²) in [4.78, 5) is 46.6. The number of rotatable bonds is 10. The van der Waals surface area contributed by atoms with Crippen molar-refractivity contribution < 1.29 is 32.2 Å². The van der Waals surface area contributed by atoms with Gasteiger partial charge in [-0.25, -0.2) is 27.3 Å². The van der Waals surface area contributed by atoms with Gasteiger partial charge in [0.2, 0.25) is 11.7 Å². The average Bonchev–Trinajstić information content (AvgIpc) is 3.88. The van der Waals surface area contributed by atoms with Crippen molar-refractivity contribution in [3.05, 3.63) is 82.2 Å². The summed E-state index contributed by atoms with van der Waals surface area (Å²) in [5, 5.41) is 7.66. The van der Waals surface area contributed by atoms with Gasteiger partial charge in [-0.15, -0.1) is 0 Å². The number of aromatic nitrogens is 4. The molecule has 1 saturated carbocycles. The van der Waals surface area contributed by atoms with Gasteiger partial charge in [0, 0.05) is 63.2 Å². The highest BCUT2D eigenvalue weighted by molar-refractivity contribution is 7.98. The third-order valence-corrected chi connectivity index (χ3v) is 13.9. The second-order valence-corrected chi connectivity index (χ2v) is 17.6. The van der Waals surface area contributed by atoms with E-state index in [1.807, 2.05) is 52.0 Å². The van der Waals surface area contributed by atoms with Crippen LogP contribution < -0.4 is 25.2 Å². The number of likely N-dealkylation sites (tertiary alicyclic amines) is 1. The van der Waals surface area contributed by atoms with Crippen LogP contribution in [-0.4, -0.2) is 92.0 Å². The highest BCUT2D eigenvalue weighted by atomic mass is 32.2. The van der Waals surface area contributed by atoms with Gasteiger partial charge in [0.1, 0.15) is 11.6 Å². The number of halogens is 3. The fourth-order valence-electron chi connectivity index (χ4n) is 9.40. The maximum absolute atomic E-state index is 15.8. The van der Waals surface area contributed by atoms with Gasteiger partial charge in [-0.3, -0.25) is 29.1 Å². The summed E-state index contributed by atoms with van der Waals surface area (Å²) >= 11 is 1.17. The molecule has 1 aliphatic carbocycles. The third-order valence-electron chi connectivity index (χ3n) is 13.0. The predicted octanol–water partition coefficient (Wildman–Crippen LogP) is 9.44. The molecule has 3 aromatic carbocycles. The molecule has 5 aromatic rings. The number of hydrogen-bond donors (Lipinski definition) is 2. The van der Waals surface area contributed by atoms with Crippen molar-refractivity contribution in [2.24, 2.45) is 7.05 Å². The number of benzene rings is 3. The van der Waals surface area contributed by atoms with Crippen LogP contribution in [0.2, 0.25) is 0 Å². The minimum Gasteiger partial charge on any atom is -0.451 e. The summed E-state index contributed by atoms with van der Waals surface area (Å²) in [7, 11) is 3.61. The number of imide groups is 1. The van der Waals surface area contributed by atoms with Crippen molar-refractivity contribution in [3.8, 4) is 11.5 Å². The lowest BCUT2D eigenvalue weighted by molar-refractivity contribution is -0.120. The molecule has 65 heavy (non-hydrogen) atoms. The Bertz CT molecular complexity index is 2570. The molecule has 1 atom stereocenters. The number of nitrogens with one attached hydrogen (secondary N) is 2. The molecule has 4 fully saturated rings. The lowest BCUT2D eigenvalue weighted by Gasteiger charge is -2.44. The van der Waals surface area contributed by atoms with Gasteiger partial charge in [0.15, 0.2) is 17.5 Å². The molecule has 14 nitrogen and oxygen atoms in total. The van der Waals surface area contributed by atoms with Crippen molar-refractivity contribution >= 4 is 57.4 Å². The van der Waals surface area contributed by atoms with E-state index in [1.54, 1.807) is 28.7 Å². The number of nitrogens with zero attached hydrogens (tertiary/aromatic N) is 7. The number of ether oxygens (including phenoxy) is 2. The van der Waals surface area contributed by atoms with Crippen LogP contribution in [0, 0.1) is 17.5 Å². The molecule has 3 saturated heterocycles. The molecular formula is C47H60F3N9O5S. The minimum atomic E-state index is -0.884. The Labute approximate surface area is 382 Å². The van der Waals surface area contributed by atoms with Crippen LogP contribution >= 0.6 is 12.1 Å². The first-order valence-corrected chi connectivity index (χ1v) is 23.6. The first-order chi connectivity index (χ1) is 31.4. The first kappa shape index (κ1) is 47.8. The van der Waals surface area contributed by atoms with Crippen molar-refractivity contribution in [2.75, 3.05) is 49.5 Å². The average molecular weight is 920 g/mol. The number of carbonyl (C=O) groups is 2. The molecule has 0 radical (unpaired) electrons. The molecule has 0 bridgehead atoms. The summed E-state index contributed by atoms with van der Waals surface area (Å²) in [6, 6.07) is 10.00. The molecule has 3 aliphatic heterocycles. The van der Waals surface area contributed by atoms with Gasteiger partial charge in [0.05, 0.1) is 46.7 Å². The van der Waals surface area contributed by atoms with Crippen molar-refractivity contribution in [2.45, 2.75) is 110 Å². The van der Waals surface area contributed by atoms with E-state index in [1.165, 1.54) is 41.3 Å². The second-order valence-electron chi connectivity index (χ2n) is 16.6. The van der Waals surface area contributed by atoms with Crippen LogP contribution in [0.4, 0.5) is 29.5 Å². The van der Waals surface area contributed by atoms with Gasteiger partial charge < -0.3 is 19.1 Å². The Hall–Kier alpha value is -5.17. The lowest BCUT2D eigenvalue weighted by Crippen LogP contribution is -2.49. The zero-order valence-electron chi connectivity index (χ0n) is 38.3. The Kier molecular flexibility index (Phi) is 15.1. The number of aryl methyl sites for hydroxylation is 1. The molecule has 350 valence electrons. The van der Waals surface area contributed by atoms with Crippen molar-refractivity contribution in [1.82, 2.24) is 33.9 Å². The number of fused-ring (bicyclic) bond motifs is 2. The maximum Gasteiger partial charge on any atom is 0.329 e. The molecule has 3 amide bonds. The zero-order chi connectivity index (χ0) is 46.6. The minimum absolute atomic E-state index is 0.0642.